The zero-order chi connectivity index (χ0) is 22.3. The van der Waals surface area contributed by atoms with Gasteiger partial charge in [0.2, 0.25) is 5.91 Å². The second-order valence-electron chi connectivity index (χ2n) is 8.26. The standard InChI is InChI=1S/C27H27FN2O2/c28-25-14-8-7-13-24(25)27(32)30-18-22(21-11-5-2-6-12-21)17-23(19-30)26(31)29-16-15-20-9-3-1-4-10-20/h1-14,22-23H,15-19H2,(H,29,31)/t22-,23+/m1/s1. The largest absolute Gasteiger partial charge is 0.355 e. The van der Waals surface area contributed by atoms with Gasteiger partial charge in [-0.05, 0) is 36.1 Å². The zero-order valence-corrected chi connectivity index (χ0v) is 17.9. The van der Waals surface area contributed by atoms with Crippen LogP contribution in [0, 0.1) is 11.7 Å². The Morgan fingerprint density at radius 2 is 1.53 bits per heavy atom. The summed E-state index contributed by atoms with van der Waals surface area (Å²) in [5, 5.41) is 3.03. The number of hydrogen-bond donors (Lipinski definition) is 1. The van der Waals surface area contributed by atoms with Crippen LogP contribution in [0.3, 0.4) is 0 Å². The van der Waals surface area contributed by atoms with Gasteiger partial charge in [-0.2, -0.15) is 0 Å². The summed E-state index contributed by atoms with van der Waals surface area (Å²) in [5.41, 5.74) is 2.29. The van der Waals surface area contributed by atoms with Crippen LogP contribution in [0.25, 0.3) is 0 Å². The first-order chi connectivity index (χ1) is 15.6. The number of carbonyl (C=O) groups excluding carboxylic acids is 2. The number of rotatable bonds is 6. The molecule has 1 heterocycles. The van der Waals surface area contributed by atoms with E-state index in [2.05, 4.69) is 5.32 Å². The van der Waals surface area contributed by atoms with Gasteiger partial charge in [0.05, 0.1) is 11.5 Å². The number of nitrogens with one attached hydrogen (secondary N) is 1. The minimum atomic E-state index is -0.539. The minimum Gasteiger partial charge on any atom is -0.355 e. The van der Waals surface area contributed by atoms with Crippen molar-refractivity contribution in [2.45, 2.75) is 18.8 Å². The fraction of sp³-hybridized carbons (Fsp3) is 0.259. The summed E-state index contributed by atoms with van der Waals surface area (Å²) in [6, 6.07) is 25.9. The van der Waals surface area contributed by atoms with Gasteiger partial charge in [0.15, 0.2) is 0 Å². The zero-order valence-electron chi connectivity index (χ0n) is 17.9. The van der Waals surface area contributed by atoms with Crippen LogP contribution in [0.4, 0.5) is 4.39 Å². The number of carbonyl (C=O) groups is 2. The SMILES string of the molecule is O=C(NCCc1ccccc1)[C@H]1C[C@@H](c2ccccc2)CN(C(=O)c2ccccc2F)C1. The Labute approximate surface area is 188 Å². The Balaban J connectivity index is 1.48. The number of hydrogen-bond acceptors (Lipinski definition) is 2. The van der Waals surface area contributed by atoms with E-state index in [4.69, 9.17) is 0 Å². The third-order valence-corrected chi connectivity index (χ3v) is 6.04. The fourth-order valence-corrected chi connectivity index (χ4v) is 4.35. The van der Waals surface area contributed by atoms with Crippen LogP contribution in [0.15, 0.2) is 84.9 Å². The molecule has 3 aromatic rings. The number of benzene rings is 3. The molecule has 1 saturated heterocycles. The topological polar surface area (TPSA) is 49.4 Å². The lowest BCUT2D eigenvalue weighted by Gasteiger charge is -2.37. The van der Waals surface area contributed by atoms with Crippen LogP contribution in [0.2, 0.25) is 0 Å². The fourth-order valence-electron chi connectivity index (χ4n) is 4.35. The van der Waals surface area contributed by atoms with Gasteiger partial charge >= 0.3 is 0 Å². The molecule has 0 saturated carbocycles. The van der Waals surface area contributed by atoms with Gasteiger partial charge < -0.3 is 10.2 Å². The summed E-state index contributed by atoms with van der Waals surface area (Å²) in [7, 11) is 0. The second kappa shape index (κ2) is 10.2. The highest BCUT2D eigenvalue weighted by atomic mass is 19.1. The van der Waals surface area contributed by atoms with Gasteiger partial charge in [-0.1, -0.05) is 72.8 Å². The Bertz CT molecular complexity index is 1060. The van der Waals surface area contributed by atoms with E-state index in [0.29, 0.717) is 19.5 Å². The summed E-state index contributed by atoms with van der Waals surface area (Å²) in [4.78, 5) is 27.8. The van der Waals surface area contributed by atoms with E-state index < -0.39 is 5.82 Å². The molecule has 0 aromatic heterocycles. The summed E-state index contributed by atoms with van der Waals surface area (Å²) < 4.78 is 14.3. The molecule has 1 N–H and O–H groups in total. The van der Waals surface area contributed by atoms with Crippen molar-refractivity contribution in [1.29, 1.82) is 0 Å². The number of halogens is 1. The van der Waals surface area contributed by atoms with Crippen molar-refractivity contribution in [3.63, 3.8) is 0 Å². The molecule has 1 aliphatic heterocycles. The Kier molecular flexibility index (Phi) is 6.95. The summed E-state index contributed by atoms with van der Waals surface area (Å²) in [6.07, 6.45) is 1.40. The third-order valence-electron chi connectivity index (χ3n) is 6.04. The summed E-state index contributed by atoms with van der Waals surface area (Å²) in [5.74, 6) is -1.30. The monoisotopic (exact) mass is 430 g/mol. The van der Waals surface area contributed by atoms with Crippen molar-refractivity contribution >= 4 is 11.8 Å². The van der Waals surface area contributed by atoms with E-state index in [0.717, 1.165) is 17.5 Å². The van der Waals surface area contributed by atoms with E-state index in [-0.39, 0.29) is 35.8 Å². The molecule has 0 radical (unpaired) electrons. The predicted molar refractivity (Wildman–Crippen MR) is 123 cm³/mol. The Morgan fingerprint density at radius 1 is 0.875 bits per heavy atom. The smallest absolute Gasteiger partial charge is 0.256 e. The number of likely N-dealkylation sites (tertiary alicyclic amines) is 1. The molecule has 4 nitrogen and oxygen atoms in total. The molecule has 2 atom stereocenters. The van der Waals surface area contributed by atoms with Gasteiger partial charge in [-0.25, -0.2) is 4.39 Å². The molecule has 2 amide bonds. The van der Waals surface area contributed by atoms with Crippen molar-refractivity contribution in [3.05, 3.63) is 107 Å². The average molecular weight is 431 g/mol. The summed E-state index contributed by atoms with van der Waals surface area (Å²) in [6.45, 7) is 1.29. The first-order valence-corrected chi connectivity index (χ1v) is 11.0. The quantitative estimate of drug-likeness (QED) is 0.629. The number of amides is 2. The lowest BCUT2D eigenvalue weighted by atomic mass is 9.83. The molecular weight excluding hydrogens is 403 g/mol. The molecule has 0 spiro atoms. The van der Waals surface area contributed by atoms with Crippen molar-refractivity contribution in [3.8, 4) is 0 Å². The van der Waals surface area contributed by atoms with Crippen LogP contribution < -0.4 is 5.32 Å². The molecule has 0 unspecified atom stereocenters. The van der Waals surface area contributed by atoms with Crippen molar-refractivity contribution in [2.24, 2.45) is 5.92 Å². The first-order valence-electron chi connectivity index (χ1n) is 11.0. The Morgan fingerprint density at radius 3 is 2.25 bits per heavy atom. The van der Waals surface area contributed by atoms with Crippen molar-refractivity contribution in [1.82, 2.24) is 10.2 Å². The van der Waals surface area contributed by atoms with Gasteiger partial charge in [-0.3, -0.25) is 9.59 Å². The molecule has 32 heavy (non-hydrogen) atoms. The Hall–Kier alpha value is -3.47. The molecule has 1 aliphatic rings. The van der Waals surface area contributed by atoms with Crippen molar-refractivity contribution in [2.75, 3.05) is 19.6 Å². The van der Waals surface area contributed by atoms with E-state index >= 15 is 0 Å². The maximum Gasteiger partial charge on any atom is 0.256 e. The van der Waals surface area contributed by atoms with Gasteiger partial charge in [-0.15, -0.1) is 0 Å². The molecular formula is C27H27FN2O2. The average Bonchev–Trinajstić information content (AvgIpc) is 2.85. The van der Waals surface area contributed by atoms with E-state index in [9.17, 15) is 14.0 Å². The van der Waals surface area contributed by atoms with E-state index in [1.165, 1.54) is 12.1 Å². The molecule has 4 rings (SSSR count). The first kappa shape index (κ1) is 21.8. The van der Waals surface area contributed by atoms with Gasteiger partial charge in [0, 0.05) is 25.6 Å². The maximum atomic E-state index is 14.3. The number of piperidine rings is 1. The van der Waals surface area contributed by atoms with E-state index in [1.807, 2.05) is 60.7 Å². The highest BCUT2D eigenvalue weighted by Gasteiger charge is 2.35. The molecule has 0 bridgehead atoms. The highest BCUT2D eigenvalue weighted by Crippen LogP contribution is 2.31. The molecule has 5 heteroatoms. The van der Waals surface area contributed by atoms with Crippen LogP contribution in [0.5, 0.6) is 0 Å². The third kappa shape index (κ3) is 5.22. The van der Waals surface area contributed by atoms with Crippen molar-refractivity contribution < 1.29 is 14.0 Å². The maximum absolute atomic E-state index is 14.3. The van der Waals surface area contributed by atoms with Gasteiger partial charge in [0.1, 0.15) is 5.82 Å². The van der Waals surface area contributed by atoms with Crippen LogP contribution in [-0.4, -0.2) is 36.3 Å². The van der Waals surface area contributed by atoms with Crippen LogP contribution in [0.1, 0.15) is 33.8 Å². The lowest BCUT2D eigenvalue weighted by Crippen LogP contribution is -2.48. The van der Waals surface area contributed by atoms with Crippen LogP contribution in [-0.2, 0) is 11.2 Å². The minimum absolute atomic E-state index is 0.0190. The van der Waals surface area contributed by atoms with Crippen LogP contribution >= 0.6 is 0 Å². The lowest BCUT2D eigenvalue weighted by molar-refractivity contribution is -0.126. The molecule has 0 aliphatic carbocycles. The molecule has 164 valence electrons. The van der Waals surface area contributed by atoms with Gasteiger partial charge in [0.25, 0.3) is 5.91 Å². The predicted octanol–water partition coefficient (Wildman–Crippen LogP) is 4.43. The number of nitrogens with zero attached hydrogens (tertiary/aromatic N) is 1. The second-order valence-corrected chi connectivity index (χ2v) is 8.26. The normalized spacial score (nSPS) is 18.2. The molecule has 1 fully saturated rings. The van der Waals surface area contributed by atoms with E-state index in [1.54, 1.807) is 17.0 Å². The highest BCUT2D eigenvalue weighted by molar-refractivity contribution is 5.95. The molecule has 3 aromatic carbocycles. The summed E-state index contributed by atoms with van der Waals surface area (Å²) >= 11 is 0.